The van der Waals surface area contributed by atoms with E-state index in [9.17, 15) is 4.79 Å². The summed E-state index contributed by atoms with van der Waals surface area (Å²) in [5.41, 5.74) is 0.963. The molecule has 0 saturated heterocycles. The van der Waals surface area contributed by atoms with Crippen molar-refractivity contribution in [3.63, 3.8) is 0 Å². The Kier molecular flexibility index (Phi) is 4.41. The lowest BCUT2D eigenvalue weighted by Gasteiger charge is -2.02. The van der Waals surface area contributed by atoms with Crippen molar-refractivity contribution in [2.75, 3.05) is 7.11 Å². The number of hydrogen-bond acceptors (Lipinski definition) is 2. The molecule has 0 unspecified atom stereocenters. The Morgan fingerprint density at radius 2 is 2.20 bits per heavy atom. The Morgan fingerprint density at radius 1 is 1.47 bits per heavy atom. The number of allylic oxidation sites excluding steroid dienone is 1. The molecule has 0 heterocycles. The number of para-hydroxylation sites is 1. The van der Waals surface area contributed by atoms with Crippen molar-refractivity contribution >= 4 is 12.0 Å². The van der Waals surface area contributed by atoms with Crippen molar-refractivity contribution < 1.29 is 14.6 Å². The van der Waals surface area contributed by atoms with Crippen LogP contribution in [0.3, 0.4) is 0 Å². The predicted molar refractivity (Wildman–Crippen MR) is 58.9 cm³/mol. The lowest BCUT2D eigenvalue weighted by molar-refractivity contribution is -0.136. The summed E-state index contributed by atoms with van der Waals surface area (Å²) in [5.74, 6) is 0.0174. The summed E-state index contributed by atoms with van der Waals surface area (Å²) in [4.78, 5) is 10.3. The maximum atomic E-state index is 10.3. The molecule has 0 amide bonds. The van der Waals surface area contributed by atoms with Crippen LogP contribution in [0, 0.1) is 0 Å². The minimum atomic E-state index is -0.778. The van der Waals surface area contributed by atoms with Gasteiger partial charge in [0.05, 0.1) is 7.11 Å². The van der Waals surface area contributed by atoms with E-state index in [1.165, 1.54) is 0 Å². The molecule has 0 radical (unpaired) electrons. The van der Waals surface area contributed by atoms with Gasteiger partial charge in [0.1, 0.15) is 5.75 Å². The first-order valence-electron chi connectivity index (χ1n) is 4.75. The highest BCUT2D eigenvalue weighted by Gasteiger charge is 1.96. The van der Waals surface area contributed by atoms with E-state index < -0.39 is 5.97 Å². The molecule has 0 saturated carbocycles. The highest BCUT2D eigenvalue weighted by Crippen LogP contribution is 2.18. The number of benzene rings is 1. The number of aliphatic carboxylic acids is 1. The van der Waals surface area contributed by atoms with Crippen LogP contribution in [0.15, 0.2) is 30.3 Å². The first kappa shape index (κ1) is 11.3. The highest BCUT2D eigenvalue weighted by molar-refractivity contribution is 5.67. The molecule has 0 aliphatic carbocycles. The van der Waals surface area contributed by atoms with Crippen molar-refractivity contribution in [1.82, 2.24) is 0 Å². The smallest absolute Gasteiger partial charge is 0.303 e. The van der Waals surface area contributed by atoms with Gasteiger partial charge >= 0.3 is 5.97 Å². The number of carbonyl (C=O) groups is 1. The van der Waals surface area contributed by atoms with Crippen LogP contribution in [0.4, 0.5) is 0 Å². The second-order valence-electron chi connectivity index (χ2n) is 3.08. The second kappa shape index (κ2) is 5.86. The fourth-order valence-corrected chi connectivity index (χ4v) is 1.22. The second-order valence-corrected chi connectivity index (χ2v) is 3.08. The van der Waals surface area contributed by atoms with E-state index in [0.717, 1.165) is 11.3 Å². The van der Waals surface area contributed by atoms with Crippen molar-refractivity contribution in [2.45, 2.75) is 12.8 Å². The van der Waals surface area contributed by atoms with E-state index in [4.69, 9.17) is 9.84 Å². The average molecular weight is 206 g/mol. The predicted octanol–water partition coefficient (Wildman–Crippen LogP) is 2.57. The molecule has 80 valence electrons. The zero-order chi connectivity index (χ0) is 11.1. The van der Waals surface area contributed by atoms with Gasteiger partial charge in [0.2, 0.25) is 0 Å². The van der Waals surface area contributed by atoms with E-state index in [-0.39, 0.29) is 6.42 Å². The van der Waals surface area contributed by atoms with Gasteiger partial charge in [0, 0.05) is 12.0 Å². The summed E-state index contributed by atoms with van der Waals surface area (Å²) >= 11 is 0. The van der Waals surface area contributed by atoms with E-state index in [2.05, 4.69) is 0 Å². The maximum absolute atomic E-state index is 10.3. The number of carboxylic acid groups (broad SMARTS) is 1. The third-order valence-electron chi connectivity index (χ3n) is 1.96. The SMILES string of the molecule is COc1ccccc1C=CCCC(=O)O. The monoisotopic (exact) mass is 206 g/mol. The molecule has 3 nitrogen and oxygen atoms in total. The van der Waals surface area contributed by atoms with Crippen LogP contribution in [-0.4, -0.2) is 18.2 Å². The maximum Gasteiger partial charge on any atom is 0.303 e. The van der Waals surface area contributed by atoms with Gasteiger partial charge in [-0.25, -0.2) is 0 Å². The summed E-state index contributed by atoms with van der Waals surface area (Å²) in [7, 11) is 1.62. The lowest BCUT2D eigenvalue weighted by atomic mass is 10.1. The molecular formula is C12H14O3. The standard InChI is InChI=1S/C12H14O3/c1-15-11-8-4-2-6-10(11)7-3-5-9-12(13)14/h2-4,6-8H,5,9H2,1H3,(H,13,14). The summed E-state index contributed by atoms with van der Waals surface area (Å²) in [6, 6.07) is 7.61. The van der Waals surface area contributed by atoms with Gasteiger partial charge in [-0.2, -0.15) is 0 Å². The zero-order valence-corrected chi connectivity index (χ0v) is 8.64. The Bertz CT molecular complexity index is 356. The van der Waals surface area contributed by atoms with Crippen LogP contribution < -0.4 is 4.74 Å². The Morgan fingerprint density at radius 3 is 2.87 bits per heavy atom. The molecule has 0 fully saturated rings. The molecule has 3 heteroatoms. The van der Waals surface area contributed by atoms with Crippen LogP contribution in [0.1, 0.15) is 18.4 Å². The first-order chi connectivity index (χ1) is 7.24. The third-order valence-corrected chi connectivity index (χ3v) is 1.96. The summed E-state index contributed by atoms with van der Waals surface area (Å²) < 4.78 is 5.16. The first-order valence-corrected chi connectivity index (χ1v) is 4.75. The van der Waals surface area contributed by atoms with Gasteiger partial charge in [-0.3, -0.25) is 4.79 Å². The Balaban J connectivity index is 2.59. The number of hydrogen-bond donors (Lipinski definition) is 1. The molecule has 1 rings (SSSR count). The van der Waals surface area contributed by atoms with Crippen LogP contribution in [-0.2, 0) is 4.79 Å². The minimum absolute atomic E-state index is 0.158. The molecule has 0 aliphatic rings. The molecule has 0 aliphatic heterocycles. The van der Waals surface area contributed by atoms with Gasteiger partial charge in [-0.1, -0.05) is 30.4 Å². The topological polar surface area (TPSA) is 46.5 Å². The largest absolute Gasteiger partial charge is 0.496 e. The third kappa shape index (κ3) is 3.85. The van der Waals surface area contributed by atoms with E-state index in [1.807, 2.05) is 36.4 Å². The average Bonchev–Trinajstić information content (AvgIpc) is 2.24. The van der Waals surface area contributed by atoms with Gasteiger partial charge in [-0.05, 0) is 12.5 Å². The molecular weight excluding hydrogens is 192 g/mol. The molecule has 1 aromatic rings. The van der Waals surface area contributed by atoms with E-state index in [0.29, 0.717) is 6.42 Å². The molecule has 1 N–H and O–H groups in total. The molecule has 1 aromatic carbocycles. The molecule has 0 aromatic heterocycles. The lowest BCUT2D eigenvalue weighted by Crippen LogP contribution is -1.91. The van der Waals surface area contributed by atoms with E-state index in [1.54, 1.807) is 7.11 Å². The van der Waals surface area contributed by atoms with Crippen molar-refractivity contribution in [3.8, 4) is 5.75 Å². The molecule has 0 spiro atoms. The Hall–Kier alpha value is -1.77. The molecule has 0 bridgehead atoms. The fraction of sp³-hybridized carbons (Fsp3) is 0.250. The summed E-state index contributed by atoms with van der Waals surface area (Å²) in [6.07, 6.45) is 4.41. The fourth-order valence-electron chi connectivity index (χ4n) is 1.22. The van der Waals surface area contributed by atoms with Crippen LogP contribution in [0.25, 0.3) is 6.08 Å². The number of carboxylic acids is 1. The zero-order valence-electron chi connectivity index (χ0n) is 8.64. The quantitative estimate of drug-likeness (QED) is 0.805. The highest BCUT2D eigenvalue weighted by atomic mass is 16.5. The van der Waals surface area contributed by atoms with Gasteiger partial charge in [0.15, 0.2) is 0 Å². The van der Waals surface area contributed by atoms with Crippen LogP contribution >= 0.6 is 0 Å². The number of ether oxygens (including phenoxy) is 1. The van der Waals surface area contributed by atoms with Gasteiger partial charge in [0.25, 0.3) is 0 Å². The molecule has 15 heavy (non-hydrogen) atoms. The van der Waals surface area contributed by atoms with Gasteiger partial charge < -0.3 is 9.84 Å². The van der Waals surface area contributed by atoms with Crippen molar-refractivity contribution in [2.24, 2.45) is 0 Å². The van der Waals surface area contributed by atoms with Crippen LogP contribution in [0.2, 0.25) is 0 Å². The molecule has 0 atom stereocenters. The van der Waals surface area contributed by atoms with Gasteiger partial charge in [-0.15, -0.1) is 0 Å². The normalized spacial score (nSPS) is 10.5. The number of methoxy groups -OCH3 is 1. The minimum Gasteiger partial charge on any atom is -0.496 e. The Labute approximate surface area is 89.0 Å². The van der Waals surface area contributed by atoms with E-state index >= 15 is 0 Å². The van der Waals surface area contributed by atoms with Crippen LogP contribution in [0.5, 0.6) is 5.75 Å². The number of rotatable bonds is 5. The summed E-state index contributed by atoms with van der Waals surface area (Å²) in [5, 5.41) is 8.45. The van der Waals surface area contributed by atoms with Crippen molar-refractivity contribution in [1.29, 1.82) is 0 Å². The van der Waals surface area contributed by atoms with Crippen molar-refractivity contribution in [3.05, 3.63) is 35.9 Å². The summed E-state index contributed by atoms with van der Waals surface area (Å²) in [6.45, 7) is 0.